The summed E-state index contributed by atoms with van der Waals surface area (Å²) >= 11 is 0. The highest BCUT2D eigenvalue weighted by molar-refractivity contribution is 5.84. The minimum absolute atomic E-state index is 0.0544. The van der Waals surface area contributed by atoms with Crippen molar-refractivity contribution in [3.8, 4) is 5.75 Å². The maximum absolute atomic E-state index is 11.5. The van der Waals surface area contributed by atoms with Crippen molar-refractivity contribution >= 4 is 5.97 Å². The van der Waals surface area contributed by atoms with Gasteiger partial charge in [0.2, 0.25) is 5.89 Å². The first-order chi connectivity index (χ1) is 9.29. The predicted molar refractivity (Wildman–Crippen MR) is 64.0 cm³/mol. The molecule has 1 aliphatic rings. The van der Waals surface area contributed by atoms with Crippen molar-refractivity contribution in [3.63, 3.8) is 0 Å². The van der Waals surface area contributed by atoms with Crippen LogP contribution in [0.2, 0.25) is 0 Å². The van der Waals surface area contributed by atoms with E-state index < -0.39 is 5.97 Å². The van der Waals surface area contributed by atoms with Crippen LogP contribution in [0.3, 0.4) is 0 Å². The maximum Gasteiger partial charge on any atom is 0.379 e. The zero-order chi connectivity index (χ0) is 13.2. The van der Waals surface area contributed by atoms with Gasteiger partial charge in [-0.15, -0.1) is 0 Å². The number of rotatable bonds is 3. The van der Waals surface area contributed by atoms with Crippen LogP contribution in [0.5, 0.6) is 5.75 Å². The summed E-state index contributed by atoms with van der Waals surface area (Å²) in [6.07, 6.45) is 0. The molecule has 0 bridgehead atoms. The fourth-order valence-electron chi connectivity index (χ4n) is 2.02. The number of hydrogen-bond acceptors (Lipinski definition) is 6. The molecule has 1 aromatic carbocycles. The van der Waals surface area contributed by atoms with Gasteiger partial charge in [-0.25, -0.2) is 4.79 Å². The third-order valence-corrected chi connectivity index (χ3v) is 2.90. The Morgan fingerprint density at radius 3 is 3.16 bits per heavy atom. The molecule has 0 spiro atoms. The molecule has 0 saturated heterocycles. The number of carbonyl (C=O) groups excluding carboxylic acids is 1. The van der Waals surface area contributed by atoms with Gasteiger partial charge in [-0.05, 0) is 18.1 Å². The predicted octanol–water partition coefficient (Wildman–Crippen LogP) is 1.77. The van der Waals surface area contributed by atoms with E-state index >= 15 is 0 Å². The van der Waals surface area contributed by atoms with Crippen LogP contribution in [0.25, 0.3) is 0 Å². The minimum atomic E-state index is -0.579. The molecule has 0 N–H and O–H groups in total. The van der Waals surface area contributed by atoms with Gasteiger partial charge < -0.3 is 14.0 Å². The van der Waals surface area contributed by atoms with Crippen LogP contribution in [0, 0.1) is 0 Å². The number of nitrogens with zero attached hydrogens (tertiary/aromatic N) is 2. The molecule has 0 saturated carbocycles. The van der Waals surface area contributed by atoms with Crippen LogP contribution in [0.1, 0.15) is 34.9 Å². The van der Waals surface area contributed by atoms with E-state index in [1.807, 2.05) is 24.3 Å². The molecule has 0 aliphatic carbocycles. The van der Waals surface area contributed by atoms with Gasteiger partial charge in [0.05, 0.1) is 6.61 Å². The Kier molecular flexibility index (Phi) is 2.91. The topological polar surface area (TPSA) is 74.5 Å². The van der Waals surface area contributed by atoms with Crippen LogP contribution in [0.15, 0.2) is 28.8 Å². The summed E-state index contributed by atoms with van der Waals surface area (Å²) in [4.78, 5) is 15.6. The summed E-state index contributed by atoms with van der Waals surface area (Å²) in [5, 5.41) is 3.64. The highest BCUT2D eigenvalue weighted by Gasteiger charge is 2.31. The average Bonchev–Trinajstić information content (AvgIpc) is 3.05. The lowest BCUT2D eigenvalue weighted by Gasteiger charge is -2.01. The van der Waals surface area contributed by atoms with Gasteiger partial charge in [-0.2, -0.15) is 4.98 Å². The Balaban J connectivity index is 1.87. The molecule has 0 amide bonds. The second kappa shape index (κ2) is 4.72. The normalized spacial score (nSPS) is 16.8. The molecule has 2 aromatic rings. The van der Waals surface area contributed by atoms with Crippen molar-refractivity contribution in [2.75, 3.05) is 13.2 Å². The summed E-state index contributed by atoms with van der Waals surface area (Å²) in [5.41, 5.74) is 0.988. The highest BCUT2D eigenvalue weighted by Crippen LogP contribution is 2.36. The molecule has 0 radical (unpaired) electrons. The summed E-state index contributed by atoms with van der Waals surface area (Å²) in [6.45, 7) is 2.43. The lowest BCUT2D eigenvalue weighted by molar-refractivity contribution is 0.0508. The molecule has 6 nitrogen and oxygen atoms in total. The van der Waals surface area contributed by atoms with Crippen molar-refractivity contribution in [1.82, 2.24) is 10.1 Å². The van der Waals surface area contributed by atoms with Crippen molar-refractivity contribution in [3.05, 3.63) is 41.5 Å². The fraction of sp³-hybridized carbons (Fsp3) is 0.308. The summed E-state index contributed by atoms with van der Waals surface area (Å²) in [5.74, 6) is 0.411. The summed E-state index contributed by atoms with van der Waals surface area (Å²) < 4.78 is 15.5. The van der Waals surface area contributed by atoms with Gasteiger partial charge in [-0.3, -0.25) is 0 Å². The molecule has 0 fully saturated rings. The molecule has 19 heavy (non-hydrogen) atoms. The number of hydrogen-bond donors (Lipinski definition) is 0. The number of benzene rings is 1. The van der Waals surface area contributed by atoms with E-state index in [1.165, 1.54) is 0 Å². The Morgan fingerprint density at radius 1 is 1.47 bits per heavy atom. The maximum atomic E-state index is 11.5. The highest BCUT2D eigenvalue weighted by atomic mass is 16.5. The van der Waals surface area contributed by atoms with Gasteiger partial charge in [0, 0.05) is 5.56 Å². The number of para-hydroxylation sites is 1. The van der Waals surface area contributed by atoms with Crippen LogP contribution >= 0.6 is 0 Å². The fourth-order valence-corrected chi connectivity index (χ4v) is 2.02. The average molecular weight is 260 g/mol. The lowest BCUT2D eigenvalue weighted by Crippen LogP contribution is -2.08. The van der Waals surface area contributed by atoms with Crippen LogP contribution in [-0.4, -0.2) is 29.3 Å². The molecule has 2 heterocycles. The van der Waals surface area contributed by atoms with Gasteiger partial charge in [-0.1, -0.05) is 18.2 Å². The number of ether oxygens (including phenoxy) is 2. The smallest absolute Gasteiger partial charge is 0.379 e. The van der Waals surface area contributed by atoms with Crippen molar-refractivity contribution in [2.24, 2.45) is 0 Å². The van der Waals surface area contributed by atoms with Crippen LogP contribution < -0.4 is 4.74 Å². The Labute approximate surface area is 109 Å². The molecule has 1 unspecified atom stereocenters. The summed E-state index contributed by atoms with van der Waals surface area (Å²) in [7, 11) is 0. The van der Waals surface area contributed by atoms with Gasteiger partial charge in [0.15, 0.2) is 0 Å². The molecule has 3 rings (SSSR count). The first-order valence-electron chi connectivity index (χ1n) is 6.02. The largest absolute Gasteiger partial charge is 0.492 e. The number of carbonyl (C=O) groups is 1. The standard InChI is InChI=1S/C13H12N2O4/c1-2-17-13(16)11-14-12(19-15-11)9-7-18-10-6-4-3-5-8(9)10/h3-6,9H,2,7H2,1H3. The molecule has 1 aromatic heterocycles. The molecule has 1 atom stereocenters. The molecular weight excluding hydrogens is 248 g/mol. The quantitative estimate of drug-likeness (QED) is 0.783. The second-order valence-electron chi connectivity index (χ2n) is 4.08. The number of fused-ring (bicyclic) bond motifs is 1. The molecule has 98 valence electrons. The van der Waals surface area contributed by atoms with Crippen molar-refractivity contribution < 1.29 is 18.8 Å². The van der Waals surface area contributed by atoms with Crippen LogP contribution in [0.4, 0.5) is 0 Å². The first-order valence-corrected chi connectivity index (χ1v) is 6.02. The summed E-state index contributed by atoms with van der Waals surface area (Å²) in [6, 6.07) is 7.65. The second-order valence-corrected chi connectivity index (χ2v) is 4.08. The zero-order valence-electron chi connectivity index (χ0n) is 10.3. The third-order valence-electron chi connectivity index (χ3n) is 2.90. The molecular formula is C13H12N2O4. The monoisotopic (exact) mass is 260 g/mol. The minimum Gasteiger partial charge on any atom is -0.492 e. The van der Waals surface area contributed by atoms with Gasteiger partial charge in [0.1, 0.15) is 18.3 Å². The Hall–Kier alpha value is -2.37. The Morgan fingerprint density at radius 2 is 2.32 bits per heavy atom. The molecule has 1 aliphatic heterocycles. The van der Waals surface area contributed by atoms with E-state index in [4.69, 9.17) is 14.0 Å². The van der Waals surface area contributed by atoms with E-state index in [9.17, 15) is 4.79 Å². The van der Waals surface area contributed by atoms with E-state index in [0.29, 0.717) is 12.5 Å². The first kappa shape index (κ1) is 11.7. The van der Waals surface area contributed by atoms with Crippen molar-refractivity contribution in [2.45, 2.75) is 12.8 Å². The van der Waals surface area contributed by atoms with E-state index in [-0.39, 0.29) is 18.3 Å². The number of aromatic nitrogens is 2. The third kappa shape index (κ3) is 2.05. The van der Waals surface area contributed by atoms with Crippen molar-refractivity contribution in [1.29, 1.82) is 0 Å². The SMILES string of the molecule is CCOC(=O)c1noc(C2COc3ccccc32)n1. The van der Waals surface area contributed by atoms with Gasteiger partial charge in [0.25, 0.3) is 5.82 Å². The zero-order valence-corrected chi connectivity index (χ0v) is 10.3. The lowest BCUT2D eigenvalue weighted by atomic mass is 10.0. The van der Waals surface area contributed by atoms with E-state index in [0.717, 1.165) is 11.3 Å². The Bertz CT molecular complexity index is 608. The van der Waals surface area contributed by atoms with Crippen LogP contribution in [-0.2, 0) is 4.74 Å². The van der Waals surface area contributed by atoms with Gasteiger partial charge >= 0.3 is 5.97 Å². The molecule has 6 heteroatoms. The van der Waals surface area contributed by atoms with E-state index in [1.54, 1.807) is 6.92 Å². The number of esters is 1. The van der Waals surface area contributed by atoms with E-state index in [2.05, 4.69) is 10.1 Å².